The number of imidazole rings is 1. The molecule has 2 rings (SSSR count). The summed E-state index contributed by atoms with van der Waals surface area (Å²) >= 11 is 1.33. The smallest absolute Gasteiger partial charge is 0.173 e. The number of oxime groups is 1. The van der Waals surface area contributed by atoms with Crippen molar-refractivity contribution in [3.8, 4) is 0 Å². The van der Waals surface area contributed by atoms with E-state index >= 15 is 0 Å². The molecule has 0 aliphatic carbocycles. The van der Waals surface area contributed by atoms with Gasteiger partial charge in [0.05, 0.1) is 5.56 Å². The Labute approximate surface area is 102 Å². The van der Waals surface area contributed by atoms with Gasteiger partial charge in [0, 0.05) is 18.6 Å². The molecule has 0 saturated heterocycles. The highest BCUT2D eigenvalue weighted by molar-refractivity contribution is 7.99. The lowest BCUT2D eigenvalue weighted by molar-refractivity contribution is 0.318. The Morgan fingerprint density at radius 3 is 2.94 bits per heavy atom. The Balaban J connectivity index is 2.43. The maximum Gasteiger partial charge on any atom is 0.173 e. The highest BCUT2D eigenvalue weighted by atomic mass is 32.2. The standard InChI is InChI=1S/C10H11N5OS/c1-6-2-3-12-9(7(6)8(11)15-16)17-10-13-4-5-14-10/h2-5,16H,1H3,(H2,11,15)(H,13,14). The van der Waals surface area contributed by atoms with Gasteiger partial charge in [0.1, 0.15) is 5.03 Å². The van der Waals surface area contributed by atoms with E-state index in [1.807, 2.05) is 6.92 Å². The zero-order valence-corrected chi connectivity index (χ0v) is 9.90. The molecule has 2 aromatic rings. The van der Waals surface area contributed by atoms with E-state index < -0.39 is 0 Å². The largest absolute Gasteiger partial charge is 0.409 e. The van der Waals surface area contributed by atoms with E-state index in [0.29, 0.717) is 15.7 Å². The predicted molar refractivity (Wildman–Crippen MR) is 64.2 cm³/mol. The molecule has 0 aromatic carbocycles. The van der Waals surface area contributed by atoms with Gasteiger partial charge < -0.3 is 15.9 Å². The first-order chi connectivity index (χ1) is 8.22. The molecule has 0 radical (unpaired) electrons. The van der Waals surface area contributed by atoms with Crippen LogP contribution in [0.15, 0.2) is 40.0 Å². The summed E-state index contributed by atoms with van der Waals surface area (Å²) in [5.74, 6) is 0.0460. The lowest BCUT2D eigenvalue weighted by Gasteiger charge is -2.08. The molecular formula is C10H11N5OS. The SMILES string of the molecule is Cc1ccnc(Sc2ncc[nH]2)c1/C(N)=N/O. The van der Waals surface area contributed by atoms with Crippen LogP contribution in [-0.2, 0) is 0 Å². The highest BCUT2D eigenvalue weighted by Crippen LogP contribution is 2.27. The second kappa shape index (κ2) is 4.88. The van der Waals surface area contributed by atoms with Gasteiger partial charge in [-0.25, -0.2) is 9.97 Å². The van der Waals surface area contributed by atoms with Crippen LogP contribution in [0, 0.1) is 6.92 Å². The van der Waals surface area contributed by atoms with Crippen LogP contribution in [0.2, 0.25) is 0 Å². The van der Waals surface area contributed by atoms with Crippen molar-refractivity contribution in [2.24, 2.45) is 10.9 Å². The van der Waals surface area contributed by atoms with Gasteiger partial charge in [-0.05, 0) is 30.3 Å². The number of nitrogens with two attached hydrogens (primary N) is 1. The van der Waals surface area contributed by atoms with Crippen LogP contribution in [0.5, 0.6) is 0 Å². The average Bonchev–Trinajstić information content (AvgIpc) is 2.81. The van der Waals surface area contributed by atoms with Crippen LogP contribution in [0.1, 0.15) is 11.1 Å². The number of amidine groups is 1. The minimum Gasteiger partial charge on any atom is -0.409 e. The summed E-state index contributed by atoms with van der Waals surface area (Å²) in [4.78, 5) is 11.3. The molecule has 0 spiro atoms. The van der Waals surface area contributed by atoms with Crippen molar-refractivity contribution in [1.82, 2.24) is 15.0 Å². The van der Waals surface area contributed by atoms with E-state index in [-0.39, 0.29) is 5.84 Å². The number of H-pyrrole nitrogens is 1. The van der Waals surface area contributed by atoms with Gasteiger partial charge in [-0.1, -0.05) is 5.16 Å². The molecule has 88 valence electrons. The lowest BCUT2D eigenvalue weighted by atomic mass is 10.1. The first-order valence-electron chi connectivity index (χ1n) is 4.83. The first kappa shape index (κ1) is 11.5. The maximum absolute atomic E-state index is 8.77. The fourth-order valence-corrected chi connectivity index (χ4v) is 2.28. The molecule has 0 bridgehead atoms. The number of aromatic nitrogens is 3. The Hall–Kier alpha value is -2.02. The third kappa shape index (κ3) is 2.39. The fraction of sp³-hybridized carbons (Fsp3) is 0.100. The molecule has 0 fully saturated rings. The summed E-state index contributed by atoms with van der Waals surface area (Å²) in [7, 11) is 0. The van der Waals surface area contributed by atoms with Gasteiger partial charge in [0.25, 0.3) is 0 Å². The number of hydrogen-bond donors (Lipinski definition) is 3. The molecule has 17 heavy (non-hydrogen) atoms. The summed E-state index contributed by atoms with van der Waals surface area (Å²) in [5.41, 5.74) is 7.16. The molecule has 0 atom stereocenters. The highest BCUT2D eigenvalue weighted by Gasteiger charge is 2.13. The fourth-order valence-electron chi connectivity index (χ4n) is 1.37. The van der Waals surface area contributed by atoms with Crippen LogP contribution in [0.25, 0.3) is 0 Å². The van der Waals surface area contributed by atoms with Crippen LogP contribution in [-0.4, -0.2) is 26.0 Å². The second-order valence-corrected chi connectivity index (χ2v) is 4.27. The van der Waals surface area contributed by atoms with Crippen molar-refractivity contribution in [3.05, 3.63) is 35.8 Å². The van der Waals surface area contributed by atoms with E-state index in [1.54, 1.807) is 24.7 Å². The summed E-state index contributed by atoms with van der Waals surface area (Å²) in [6.45, 7) is 1.88. The first-order valence-corrected chi connectivity index (χ1v) is 5.64. The van der Waals surface area contributed by atoms with Gasteiger partial charge in [-0.2, -0.15) is 0 Å². The second-order valence-electron chi connectivity index (χ2n) is 3.29. The minimum atomic E-state index is 0.0460. The average molecular weight is 249 g/mol. The molecule has 0 unspecified atom stereocenters. The van der Waals surface area contributed by atoms with Gasteiger partial charge in [-0.3, -0.25) is 0 Å². The van der Waals surface area contributed by atoms with Crippen LogP contribution < -0.4 is 5.73 Å². The monoisotopic (exact) mass is 249 g/mol. The van der Waals surface area contributed by atoms with Gasteiger partial charge in [0.2, 0.25) is 0 Å². The Morgan fingerprint density at radius 1 is 1.47 bits per heavy atom. The molecule has 4 N–H and O–H groups in total. The molecule has 2 heterocycles. The summed E-state index contributed by atoms with van der Waals surface area (Å²) < 4.78 is 0. The number of pyridine rings is 1. The van der Waals surface area contributed by atoms with Crippen LogP contribution >= 0.6 is 11.8 Å². The summed E-state index contributed by atoms with van der Waals surface area (Å²) in [5, 5.41) is 13.1. The van der Waals surface area contributed by atoms with Crippen molar-refractivity contribution in [3.63, 3.8) is 0 Å². The normalized spacial score (nSPS) is 11.7. The lowest BCUT2D eigenvalue weighted by Crippen LogP contribution is -2.16. The number of aryl methyl sites for hydroxylation is 1. The molecule has 7 heteroatoms. The van der Waals surface area contributed by atoms with Crippen molar-refractivity contribution in [1.29, 1.82) is 0 Å². The van der Waals surface area contributed by atoms with Crippen molar-refractivity contribution >= 4 is 17.6 Å². The number of aromatic amines is 1. The number of nitrogens with one attached hydrogen (secondary N) is 1. The van der Waals surface area contributed by atoms with Gasteiger partial charge >= 0.3 is 0 Å². The van der Waals surface area contributed by atoms with Crippen molar-refractivity contribution < 1.29 is 5.21 Å². The summed E-state index contributed by atoms with van der Waals surface area (Å²) in [6, 6.07) is 1.81. The van der Waals surface area contributed by atoms with Gasteiger partial charge in [-0.15, -0.1) is 0 Å². The molecule has 0 amide bonds. The Morgan fingerprint density at radius 2 is 2.29 bits per heavy atom. The Kier molecular flexibility index (Phi) is 3.29. The van der Waals surface area contributed by atoms with E-state index in [9.17, 15) is 0 Å². The Bertz CT molecular complexity index is 538. The van der Waals surface area contributed by atoms with Crippen LogP contribution in [0.3, 0.4) is 0 Å². The van der Waals surface area contributed by atoms with Gasteiger partial charge in [0.15, 0.2) is 11.0 Å². The third-order valence-corrected chi connectivity index (χ3v) is 3.07. The molecule has 0 aliphatic rings. The van der Waals surface area contributed by atoms with Crippen LogP contribution in [0.4, 0.5) is 0 Å². The van der Waals surface area contributed by atoms with Crippen molar-refractivity contribution in [2.45, 2.75) is 17.1 Å². The number of hydrogen-bond acceptors (Lipinski definition) is 5. The zero-order valence-electron chi connectivity index (χ0n) is 9.08. The molecule has 6 nitrogen and oxygen atoms in total. The molecule has 0 saturated carbocycles. The van der Waals surface area contributed by atoms with E-state index in [1.165, 1.54) is 11.8 Å². The van der Waals surface area contributed by atoms with E-state index in [0.717, 1.165) is 5.56 Å². The number of nitrogens with zero attached hydrogens (tertiary/aromatic N) is 3. The number of rotatable bonds is 3. The zero-order chi connectivity index (χ0) is 12.3. The maximum atomic E-state index is 8.77. The topological polar surface area (TPSA) is 100 Å². The quantitative estimate of drug-likeness (QED) is 0.330. The summed E-state index contributed by atoms with van der Waals surface area (Å²) in [6.07, 6.45) is 5.05. The minimum absolute atomic E-state index is 0.0460. The predicted octanol–water partition coefficient (Wildman–Crippen LogP) is 1.36. The van der Waals surface area contributed by atoms with E-state index in [2.05, 4.69) is 20.1 Å². The molecular weight excluding hydrogens is 238 g/mol. The van der Waals surface area contributed by atoms with E-state index in [4.69, 9.17) is 10.9 Å². The molecule has 0 aliphatic heterocycles. The van der Waals surface area contributed by atoms with Crippen molar-refractivity contribution in [2.75, 3.05) is 0 Å². The molecule has 2 aromatic heterocycles. The third-order valence-electron chi connectivity index (χ3n) is 2.15.